The van der Waals surface area contributed by atoms with Crippen LogP contribution in [0.4, 0.5) is 0 Å². The number of hydrogen-bond donors (Lipinski definition) is 3. The summed E-state index contributed by atoms with van der Waals surface area (Å²) in [5, 5.41) is 25.7. The molecule has 0 aliphatic carbocycles. The van der Waals surface area contributed by atoms with E-state index in [2.05, 4.69) is 54.5 Å². The number of carbonyl (C=O) groups is 1. The Labute approximate surface area is 231 Å². The molecule has 2 aromatic carbocycles. The highest BCUT2D eigenvalue weighted by atomic mass is 16.5. The van der Waals surface area contributed by atoms with Gasteiger partial charge in [-0.25, -0.2) is 0 Å². The summed E-state index contributed by atoms with van der Waals surface area (Å²) < 4.78 is 11.6. The number of nitrogens with zero attached hydrogens (tertiary/aromatic N) is 3. The SMILES string of the molecule is CCCCN(C)Cc1cc(CC)cc(-c2nc(-c3cc(C)c(OCC(O)CNC(=O)CO)c(CC)c3)no2)c1. The molecule has 9 heteroatoms. The third kappa shape index (κ3) is 8.61. The molecule has 1 unspecified atom stereocenters. The second-order valence-electron chi connectivity index (χ2n) is 9.97. The number of carbonyl (C=O) groups excluding carboxylic acids is 1. The van der Waals surface area contributed by atoms with Crippen LogP contribution < -0.4 is 10.1 Å². The molecular formula is C30H42N4O5. The molecule has 1 heterocycles. The predicted molar refractivity (Wildman–Crippen MR) is 152 cm³/mol. The number of aromatic nitrogens is 2. The molecule has 0 spiro atoms. The van der Waals surface area contributed by atoms with Gasteiger partial charge in [-0.05, 0) is 86.3 Å². The van der Waals surface area contributed by atoms with Crippen LogP contribution in [0.1, 0.15) is 55.9 Å². The van der Waals surface area contributed by atoms with Crippen molar-refractivity contribution >= 4 is 5.91 Å². The maximum atomic E-state index is 11.2. The number of unbranched alkanes of at least 4 members (excludes halogenated alkanes) is 1. The highest BCUT2D eigenvalue weighted by Crippen LogP contribution is 2.31. The van der Waals surface area contributed by atoms with Crippen molar-refractivity contribution in [1.29, 1.82) is 0 Å². The topological polar surface area (TPSA) is 121 Å². The lowest BCUT2D eigenvalue weighted by Gasteiger charge is -2.17. The summed E-state index contributed by atoms with van der Waals surface area (Å²) in [5.41, 5.74) is 6.04. The van der Waals surface area contributed by atoms with E-state index >= 15 is 0 Å². The number of aryl methyl sites for hydroxylation is 3. The van der Waals surface area contributed by atoms with Crippen LogP contribution in [0.15, 0.2) is 34.9 Å². The van der Waals surface area contributed by atoms with Gasteiger partial charge in [-0.1, -0.05) is 38.4 Å². The van der Waals surface area contributed by atoms with Crippen LogP contribution in [0.25, 0.3) is 22.8 Å². The van der Waals surface area contributed by atoms with Crippen LogP contribution in [-0.2, 0) is 24.2 Å². The number of rotatable bonds is 15. The Balaban J connectivity index is 1.79. The van der Waals surface area contributed by atoms with Gasteiger partial charge >= 0.3 is 0 Å². The van der Waals surface area contributed by atoms with E-state index in [-0.39, 0.29) is 13.2 Å². The van der Waals surface area contributed by atoms with Gasteiger partial charge in [-0.2, -0.15) is 4.98 Å². The highest BCUT2D eigenvalue weighted by Gasteiger charge is 2.17. The van der Waals surface area contributed by atoms with Crippen molar-refractivity contribution in [3.63, 3.8) is 0 Å². The van der Waals surface area contributed by atoms with Crippen LogP contribution >= 0.6 is 0 Å². The fourth-order valence-corrected chi connectivity index (χ4v) is 4.43. The third-order valence-corrected chi connectivity index (χ3v) is 6.57. The molecule has 1 aromatic heterocycles. The molecule has 9 nitrogen and oxygen atoms in total. The van der Waals surface area contributed by atoms with Gasteiger partial charge in [0.2, 0.25) is 11.7 Å². The third-order valence-electron chi connectivity index (χ3n) is 6.57. The van der Waals surface area contributed by atoms with Crippen LogP contribution in [0, 0.1) is 6.92 Å². The lowest BCUT2D eigenvalue weighted by molar-refractivity contribution is -0.124. The monoisotopic (exact) mass is 538 g/mol. The summed E-state index contributed by atoms with van der Waals surface area (Å²) >= 11 is 0. The first-order valence-corrected chi connectivity index (χ1v) is 13.8. The van der Waals surface area contributed by atoms with Crippen LogP contribution in [-0.4, -0.2) is 70.6 Å². The van der Waals surface area contributed by atoms with Crippen LogP contribution in [0.5, 0.6) is 5.75 Å². The molecule has 0 aliphatic rings. The largest absolute Gasteiger partial charge is 0.490 e. The van der Waals surface area contributed by atoms with E-state index in [4.69, 9.17) is 19.4 Å². The Morgan fingerprint density at radius 1 is 1.10 bits per heavy atom. The van der Waals surface area contributed by atoms with E-state index < -0.39 is 18.6 Å². The van der Waals surface area contributed by atoms with Gasteiger partial charge in [0.25, 0.3) is 5.89 Å². The van der Waals surface area contributed by atoms with E-state index in [1.807, 2.05) is 26.0 Å². The number of benzene rings is 2. The van der Waals surface area contributed by atoms with E-state index in [1.54, 1.807) is 0 Å². The first-order chi connectivity index (χ1) is 18.8. The molecule has 3 aromatic rings. The van der Waals surface area contributed by atoms with Gasteiger partial charge in [-0.15, -0.1) is 0 Å². The molecule has 0 bridgehead atoms. The number of aliphatic hydroxyl groups is 2. The quantitative estimate of drug-likeness (QED) is 0.266. The number of aliphatic hydroxyl groups excluding tert-OH is 2. The van der Waals surface area contributed by atoms with Crippen molar-refractivity contribution in [3.05, 3.63) is 52.6 Å². The van der Waals surface area contributed by atoms with Crippen molar-refractivity contribution in [3.8, 4) is 28.6 Å². The molecule has 1 atom stereocenters. The lowest BCUT2D eigenvalue weighted by atomic mass is 10.0. The Bertz CT molecular complexity index is 1230. The van der Waals surface area contributed by atoms with E-state index in [9.17, 15) is 9.90 Å². The standard InChI is InChI=1S/C30H42N4O5/c1-6-9-10-34(5)17-22-12-21(7-2)13-25(14-22)30-32-29(33-39-30)24-11-20(4)28(23(8-3)15-24)38-19-26(36)16-31-27(37)18-35/h11-15,26,35-36H,6-10,16-19H2,1-5H3,(H,31,37). The average Bonchev–Trinajstić information content (AvgIpc) is 3.44. The average molecular weight is 539 g/mol. The summed E-state index contributed by atoms with van der Waals surface area (Å²) in [5.74, 6) is 1.14. The van der Waals surface area contributed by atoms with Crippen molar-refractivity contribution in [2.75, 3.05) is 33.4 Å². The molecule has 39 heavy (non-hydrogen) atoms. The highest BCUT2D eigenvalue weighted by molar-refractivity contribution is 5.76. The fraction of sp³-hybridized carbons (Fsp3) is 0.500. The second kappa shape index (κ2) is 14.8. The molecule has 0 radical (unpaired) electrons. The minimum Gasteiger partial charge on any atom is -0.490 e. The molecule has 0 aliphatic heterocycles. The van der Waals surface area contributed by atoms with Gasteiger partial charge in [0.15, 0.2) is 0 Å². The molecule has 0 saturated heterocycles. The minimum atomic E-state index is -0.903. The number of ether oxygens (including phenoxy) is 1. The summed E-state index contributed by atoms with van der Waals surface area (Å²) in [7, 11) is 2.15. The van der Waals surface area contributed by atoms with Crippen molar-refractivity contribution < 1.29 is 24.3 Å². The van der Waals surface area contributed by atoms with E-state index in [0.717, 1.165) is 41.8 Å². The summed E-state index contributed by atoms with van der Waals surface area (Å²) in [6.45, 7) is 9.63. The molecule has 212 valence electrons. The lowest BCUT2D eigenvalue weighted by Crippen LogP contribution is -2.36. The van der Waals surface area contributed by atoms with Crippen LogP contribution in [0.3, 0.4) is 0 Å². The maximum Gasteiger partial charge on any atom is 0.258 e. The van der Waals surface area contributed by atoms with Gasteiger partial charge in [0.05, 0.1) is 0 Å². The van der Waals surface area contributed by atoms with E-state index in [0.29, 0.717) is 23.9 Å². The molecular weight excluding hydrogens is 496 g/mol. The maximum absolute atomic E-state index is 11.2. The van der Waals surface area contributed by atoms with Gasteiger partial charge in [-0.3, -0.25) is 4.79 Å². The molecule has 3 rings (SSSR count). The normalized spacial score (nSPS) is 12.1. The zero-order chi connectivity index (χ0) is 28.4. The summed E-state index contributed by atoms with van der Waals surface area (Å²) in [4.78, 5) is 18.3. The number of hydrogen-bond acceptors (Lipinski definition) is 8. The van der Waals surface area contributed by atoms with Gasteiger partial charge in [0, 0.05) is 24.2 Å². The molecule has 0 saturated carbocycles. The van der Waals surface area contributed by atoms with Crippen molar-refractivity contribution in [1.82, 2.24) is 20.4 Å². The minimum absolute atomic E-state index is 0.000404. The first kappa shape index (κ1) is 30.3. The Kier molecular flexibility index (Phi) is 11.5. The Morgan fingerprint density at radius 2 is 1.87 bits per heavy atom. The predicted octanol–water partition coefficient (Wildman–Crippen LogP) is 3.92. The van der Waals surface area contributed by atoms with Crippen molar-refractivity contribution in [2.45, 2.75) is 66.0 Å². The smallest absolute Gasteiger partial charge is 0.258 e. The van der Waals surface area contributed by atoms with Crippen LogP contribution in [0.2, 0.25) is 0 Å². The van der Waals surface area contributed by atoms with Crippen molar-refractivity contribution in [2.24, 2.45) is 0 Å². The Morgan fingerprint density at radius 3 is 2.56 bits per heavy atom. The fourth-order valence-electron chi connectivity index (χ4n) is 4.43. The molecule has 3 N–H and O–H groups in total. The Hall–Kier alpha value is -3.27. The zero-order valence-electron chi connectivity index (χ0n) is 23.8. The summed E-state index contributed by atoms with van der Waals surface area (Å²) in [6.07, 6.45) is 3.08. The van der Waals surface area contributed by atoms with Gasteiger partial charge < -0.3 is 29.7 Å². The second-order valence-corrected chi connectivity index (χ2v) is 9.97. The number of amides is 1. The molecule has 0 fully saturated rings. The molecule has 1 amide bonds. The van der Waals surface area contributed by atoms with Gasteiger partial charge in [0.1, 0.15) is 25.1 Å². The zero-order valence-corrected chi connectivity index (χ0v) is 23.8. The first-order valence-electron chi connectivity index (χ1n) is 13.8. The number of nitrogens with one attached hydrogen (secondary N) is 1. The summed E-state index contributed by atoms with van der Waals surface area (Å²) in [6, 6.07) is 10.4. The van der Waals surface area contributed by atoms with E-state index in [1.165, 1.54) is 24.0 Å².